The predicted octanol–water partition coefficient (Wildman–Crippen LogP) is 4.11. The van der Waals surface area contributed by atoms with Crippen molar-refractivity contribution < 1.29 is 5.11 Å². The van der Waals surface area contributed by atoms with Crippen LogP contribution in [0.25, 0.3) is 0 Å². The first-order chi connectivity index (χ1) is 9.83. The van der Waals surface area contributed by atoms with Crippen molar-refractivity contribution in [2.75, 3.05) is 0 Å². The number of benzene rings is 1. The minimum atomic E-state index is 0.396. The molecule has 1 aromatic carbocycles. The number of nitrogens with one attached hydrogen (secondary N) is 1. The van der Waals surface area contributed by atoms with Crippen molar-refractivity contribution in [1.29, 1.82) is 0 Å². The molecule has 2 atom stereocenters. The smallest absolute Gasteiger partial charge is 0.119 e. The van der Waals surface area contributed by atoms with Gasteiger partial charge in [0.15, 0.2) is 0 Å². The van der Waals surface area contributed by atoms with E-state index in [1.54, 1.807) is 10.9 Å². The van der Waals surface area contributed by atoms with Crippen LogP contribution >= 0.6 is 11.3 Å². The van der Waals surface area contributed by atoms with Crippen LogP contribution in [0.1, 0.15) is 52.9 Å². The SMILES string of the molecule is Oc1cccc2c1CCC2NC1CCCc2sccc21. The molecule has 2 aliphatic rings. The normalized spacial score (nSPS) is 24.4. The van der Waals surface area contributed by atoms with E-state index in [4.69, 9.17) is 0 Å². The quantitative estimate of drug-likeness (QED) is 0.870. The Morgan fingerprint density at radius 1 is 1.05 bits per heavy atom. The lowest BCUT2D eigenvalue weighted by Gasteiger charge is -2.27. The Morgan fingerprint density at radius 3 is 2.90 bits per heavy atom. The summed E-state index contributed by atoms with van der Waals surface area (Å²) in [7, 11) is 0. The molecular formula is C17H19NOS. The number of aromatic hydroxyl groups is 1. The first-order valence-electron chi connectivity index (χ1n) is 7.46. The zero-order valence-corrected chi connectivity index (χ0v) is 12.2. The van der Waals surface area contributed by atoms with Crippen LogP contribution in [0.3, 0.4) is 0 Å². The van der Waals surface area contributed by atoms with Gasteiger partial charge in [0.2, 0.25) is 0 Å². The van der Waals surface area contributed by atoms with Crippen molar-refractivity contribution in [3.63, 3.8) is 0 Å². The van der Waals surface area contributed by atoms with Crippen LogP contribution in [-0.2, 0) is 12.8 Å². The van der Waals surface area contributed by atoms with Crippen LogP contribution < -0.4 is 5.32 Å². The Hall–Kier alpha value is -1.32. The van der Waals surface area contributed by atoms with Gasteiger partial charge in [0.25, 0.3) is 0 Å². The van der Waals surface area contributed by atoms with Gasteiger partial charge in [0.05, 0.1) is 0 Å². The Balaban J connectivity index is 1.60. The van der Waals surface area contributed by atoms with E-state index in [0.717, 1.165) is 18.4 Å². The molecule has 0 spiro atoms. The van der Waals surface area contributed by atoms with Gasteiger partial charge in [-0.05, 0) is 66.3 Å². The molecule has 2 aliphatic carbocycles. The van der Waals surface area contributed by atoms with E-state index in [9.17, 15) is 5.11 Å². The summed E-state index contributed by atoms with van der Waals surface area (Å²) in [5.41, 5.74) is 3.95. The number of aryl methyl sites for hydroxylation is 1. The zero-order chi connectivity index (χ0) is 13.5. The second-order valence-corrected chi connectivity index (χ2v) is 6.85. The number of hydrogen-bond acceptors (Lipinski definition) is 3. The molecule has 2 nitrogen and oxygen atoms in total. The van der Waals surface area contributed by atoms with Crippen LogP contribution in [0.5, 0.6) is 5.75 Å². The average Bonchev–Trinajstić information content (AvgIpc) is 3.07. The molecule has 0 saturated carbocycles. The molecule has 4 rings (SSSR count). The fourth-order valence-electron chi connectivity index (χ4n) is 3.71. The van der Waals surface area contributed by atoms with Crippen molar-refractivity contribution >= 4 is 11.3 Å². The number of thiophene rings is 1. The molecular weight excluding hydrogens is 266 g/mol. The number of rotatable bonds is 2. The molecule has 20 heavy (non-hydrogen) atoms. The third kappa shape index (κ3) is 1.97. The molecule has 3 heteroatoms. The summed E-state index contributed by atoms with van der Waals surface area (Å²) in [6.45, 7) is 0. The topological polar surface area (TPSA) is 32.3 Å². The predicted molar refractivity (Wildman–Crippen MR) is 82.3 cm³/mol. The maximum Gasteiger partial charge on any atom is 0.119 e. The van der Waals surface area contributed by atoms with E-state index < -0.39 is 0 Å². The van der Waals surface area contributed by atoms with E-state index in [-0.39, 0.29) is 0 Å². The van der Waals surface area contributed by atoms with Gasteiger partial charge in [0, 0.05) is 17.0 Å². The molecule has 1 aromatic heterocycles. The minimum Gasteiger partial charge on any atom is -0.508 e. The second-order valence-electron chi connectivity index (χ2n) is 5.85. The second kappa shape index (κ2) is 4.90. The third-order valence-electron chi connectivity index (χ3n) is 4.70. The van der Waals surface area contributed by atoms with Gasteiger partial charge >= 0.3 is 0 Å². The lowest BCUT2D eigenvalue weighted by atomic mass is 9.93. The van der Waals surface area contributed by atoms with Gasteiger partial charge in [-0.25, -0.2) is 0 Å². The fourth-order valence-corrected chi connectivity index (χ4v) is 4.70. The molecule has 1 heterocycles. The minimum absolute atomic E-state index is 0.396. The van der Waals surface area contributed by atoms with Crippen LogP contribution in [0, 0.1) is 0 Å². The Morgan fingerprint density at radius 2 is 1.95 bits per heavy atom. The van der Waals surface area contributed by atoms with Gasteiger partial charge < -0.3 is 10.4 Å². The highest BCUT2D eigenvalue weighted by atomic mass is 32.1. The average molecular weight is 285 g/mol. The lowest BCUT2D eigenvalue weighted by Crippen LogP contribution is -2.27. The highest BCUT2D eigenvalue weighted by Gasteiger charge is 2.29. The van der Waals surface area contributed by atoms with Crippen LogP contribution in [0.4, 0.5) is 0 Å². The third-order valence-corrected chi connectivity index (χ3v) is 5.70. The van der Waals surface area contributed by atoms with Crippen molar-refractivity contribution in [2.24, 2.45) is 0 Å². The molecule has 0 fully saturated rings. The number of fused-ring (bicyclic) bond motifs is 2. The maximum absolute atomic E-state index is 9.95. The molecule has 104 valence electrons. The monoisotopic (exact) mass is 285 g/mol. The van der Waals surface area contributed by atoms with Crippen molar-refractivity contribution in [2.45, 2.75) is 44.2 Å². The molecule has 2 aromatic rings. The van der Waals surface area contributed by atoms with Gasteiger partial charge in [-0.2, -0.15) is 0 Å². The molecule has 0 saturated heterocycles. The summed E-state index contributed by atoms with van der Waals surface area (Å²) >= 11 is 1.90. The first kappa shape index (κ1) is 12.4. The van der Waals surface area contributed by atoms with Crippen molar-refractivity contribution in [3.05, 3.63) is 51.2 Å². The van der Waals surface area contributed by atoms with E-state index in [1.165, 1.54) is 30.4 Å². The molecule has 0 radical (unpaired) electrons. The molecule has 0 bridgehead atoms. The molecule has 0 aliphatic heterocycles. The maximum atomic E-state index is 9.95. The van der Waals surface area contributed by atoms with E-state index in [1.807, 2.05) is 17.4 Å². The van der Waals surface area contributed by atoms with Crippen LogP contribution in [0.15, 0.2) is 29.6 Å². The number of hydrogen-bond donors (Lipinski definition) is 2. The summed E-state index contributed by atoms with van der Waals surface area (Å²) in [4.78, 5) is 1.56. The Kier molecular flexibility index (Phi) is 3.04. The zero-order valence-electron chi connectivity index (χ0n) is 11.4. The standard InChI is InChI=1S/C17H19NOS/c19-16-5-1-3-11-12(16)7-8-15(11)18-14-4-2-6-17-13(14)9-10-20-17/h1,3,5,9-10,14-15,18-19H,2,4,6-8H2. The molecule has 2 N–H and O–H groups in total. The van der Waals surface area contributed by atoms with Crippen molar-refractivity contribution in [1.82, 2.24) is 5.32 Å². The summed E-state index contributed by atoms with van der Waals surface area (Å²) in [5, 5.41) is 16.0. The van der Waals surface area contributed by atoms with Gasteiger partial charge in [0.1, 0.15) is 5.75 Å². The van der Waals surface area contributed by atoms with Crippen LogP contribution in [0.2, 0.25) is 0 Å². The first-order valence-corrected chi connectivity index (χ1v) is 8.34. The van der Waals surface area contributed by atoms with E-state index >= 15 is 0 Å². The van der Waals surface area contributed by atoms with Crippen molar-refractivity contribution in [3.8, 4) is 5.75 Å². The Bertz CT molecular complexity index is 634. The number of phenols is 1. The molecule has 0 amide bonds. The highest BCUT2D eigenvalue weighted by Crippen LogP contribution is 2.40. The van der Waals surface area contributed by atoms with Gasteiger partial charge in [-0.3, -0.25) is 0 Å². The molecule has 2 unspecified atom stereocenters. The van der Waals surface area contributed by atoms with Crippen LogP contribution in [-0.4, -0.2) is 5.11 Å². The summed E-state index contributed by atoms with van der Waals surface area (Å²) in [5.74, 6) is 0.465. The summed E-state index contributed by atoms with van der Waals surface area (Å²) in [6.07, 6.45) is 5.85. The van der Waals surface area contributed by atoms with E-state index in [0.29, 0.717) is 17.8 Å². The van der Waals surface area contributed by atoms with E-state index in [2.05, 4.69) is 22.8 Å². The largest absolute Gasteiger partial charge is 0.508 e. The summed E-state index contributed by atoms with van der Waals surface area (Å²) < 4.78 is 0. The van der Waals surface area contributed by atoms with Gasteiger partial charge in [-0.1, -0.05) is 12.1 Å². The van der Waals surface area contributed by atoms with Gasteiger partial charge in [-0.15, -0.1) is 11.3 Å². The highest BCUT2D eigenvalue weighted by molar-refractivity contribution is 7.10. The number of phenolic OH excluding ortho intramolecular Hbond substituents is 1. The summed E-state index contributed by atoms with van der Waals surface area (Å²) in [6, 6.07) is 9.10. The lowest BCUT2D eigenvalue weighted by molar-refractivity contribution is 0.401. The fraction of sp³-hybridized carbons (Fsp3) is 0.412. The Labute approximate surface area is 123 Å².